The van der Waals surface area contributed by atoms with Crippen molar-refractivity contribution in [1.29, 1.82) is 0 Å². The van der Waals surface area contributed by atoms with Gasteiger partial charge in [-0.3, -0.25) is 4.79 Å². The van der Waals surface area contributed by atoms with Crippen molar-refractivity contribution in [3.05, 3.63) is 59.7 Å². The van der Waals surface area contributed by atoms with Gasteiger partial charge in [-0.25, -0.2) is 0 Å². The molecule has 1 heterocycles. The van der Waals surface area contributed by atoms with Crippen molar-refractivity contribution in [3.8, 4) is 5.75 Å². The molecule has 0 radical (unpaired) electrons. The Morgan fingerprint density at radius 3 is 2.48 bits per heavy atom. The van der Waals surface area contributed by atoms with Crippen molar-refractivity contribution in [2.45, 2.75) is 52.1 Å². The van der Waals surface area contributed by atoms with Gasteiger partial charge in [-0.2, -0.15) is 0 Å². The lowest BCUT2D eigenvalue weighted by molar-refractivity contribution is -0.124. The van der Waals surface area contributed by atoms with E-state index >= 15 is 0 Å². The van der Waals surface area contributed by atoms with E-state index in [0.717, 1.165) is 12.3 Å². The van der Waals surface area contributed by atoms with Gasteiger partial charge in [0.15, 0.2) is 0 Å². The summed E-state index contributed by atoms with van der Waals surface area (Å²) in [5, 5.41) is 0. The molecule has 0 N–H and O–H groups in total. The van der Waals surface area contributed by atoms with Crippen molar-refractivity contribution in [2.75, 3.05) is 12.0 Å². The number of rotatable bonds is 4. The highest BCUT2D eigenvalue weighted by atomic mass is 16.5. The number of fused-ring (bicyclic) bond motifs is 3. The number of carbonyl (C=O) groups is 1. The van der Waals surface area contributed by atoms with E-state index in [2.05, 4.69) is 69.0 Å². The number of anilines is 1. The first-order chi connectivity index (χ1) is 12.8. The molecule has 1 saturated carbocycles. The predicted octanol–water partition coefficient (Wildman–Crippen LogP) is 4.98. The quantitative estimate of drug-likeness (QED) is 0.767. The van der Waals surface area contributed by atoms with Crippen molar-refractivity contribution < 1.29 is 9.53 Å². The second-order valence-corrected chi connectivity index (χ2v) is 8.92. The molecule has 1 fully saturated rings. The Morgan fingerprint density at radius 2 is 1.85 bits per heavy atom. The lowest BCUT2D eigenvalue weighted by Crippen LogP contribution is -2.50. The molecule has 0 saturated heterocycles. The first-order valence-corrected chi connectivity index (χ1v) is 9.84. The highest BCUT2D eigenvalue weighted by Crippen LogP contribution is 2.62. The van der Waals surface area contributed by atoms with E-state index in [9.17, 15) is 4.79 Å². The Labute approximate surface area is 162 Å². The average molecular weight is 364 g/mol. The third-order valence-corrected chi connectivity index (χ3v) is 6.90. The number of benzene rings is 2. The van der Waals surface area contributed by atoms with Gasteiger partial charge in [-0.15, -0.1) is 0 Å². The Morgan fingerprint density at radius 1 is 1.15 bits per heavy atom. The number of ether oxygens (including phenoxy) is 1. The summed E-state index contributed by atoms with van der Waals surface area (Å²) in [7, 11) is 1.71. The third kappa shape index (κ3) is 2.44. The zero-order chi connectivity index (χ0) is 19.4. The molecular formula is C24H29NO2. The van der Waals surface area contributed by atoms with Gasteiger partial charge < -0.3 is 9.64 Å². The molecule has 0 aromatic heterocycles. The van der Waals surface area contributed by atoms with Crippen LogP contribution < -0.4 is 9.64 Å². The molecule has 142 valence electrons. The molecule has 27 heavy (non-hydrogen) atoms. The maximum Gasteiger partial charge on any atom is 0.141 e. The Kier molecular flexibility index (Phi) is 4.10. The Balaban J connectivity index is 1.93. The zero-order valence-electron chi connectivity index (χ0n) is 17.0. The predicted molar refractivity (Wildman–Crippen MR) is 109 cm³/mol. The monoisotopic (exact) mass is 363 g/mol. The van der Waals surface area contributed by atoms with Crippen LogP contribution in [0.5, 0.6) is 5.75 Å². The van der Waals surface area contributed by atoms with Crippen molar-refractivity contribution >= 4 is 11.5 Å². The minimum absolute atomic E-state index is 0.153. The second-order valence-electron chi connectivity index (χ2n) is 8.92. The van der Waals surface area contributed by atoms with E-state index in [0.29, 0.717) is 18.1 Å². The third-order valence-electron chi connectivity index (χ3n) is 6.90. The minimum atomic E-state index is -0.384. The molecule has 0 amide bonds. The summed E-state index contributed by atoms with van der Waals surface area (Å²) in [6.45, 7) is 9.60. The number of Topliss-reactive ketones (excluding diaryl/α,β-unsaturated/α-hetero) is 1. The lowest BCUT2D eigenvalue weighted by atomic mass is 9.67. The largest absolute Gasteiger partial charge is 0.497 e. The van der Waals surface area contributed by atoms with Crippen LogP contribution in [0.3, 0.4) is 0 Å². The van der Waals surface area contributed by atoms with Crippen molar-refractivity contribution in [1.82, 2.24) is 0 Å². The number of methoxy groups -OCH3 is 1. The topological polar surface area (TPSA) is 29.5 Å². The van der Waals surface area contributed by atoms with Gasteiger partial charge in [0.2, 0.25) is 0 Å². The number of nitrogens with zero attached hydrogens (tertiary/aromatic N) is 1. The molecule has 1 aliphatic heterocycles. The van der Waals surface area contributed by atoms with Gasteiger partial charge in [-0.05, 0) is 35.2 Å². The maximum atomic E-state index is 13.1. The van der Waals surface area contributed by atoms with Crippen LogP contribution in [0.25, 0.3) is 0 Å². The molecule has 0 bridgehead atoms. The molecule has 0 spiro atoms. The highest BCUT2D eigenvalue weighted by Gasteiger charge is 2.65. The van der Waals surface area contributed by atoms with Crippen molar-refractivity contribution in [2.24, 2.45) is 11.3 Å². The van der Waals surface area contributed by atoms with E-state index in [4.69, 9.17) is 4.74 Å². The maximum absolute atomic E-state index is 13.1. The number of hydrogen-bond acceptors (Lipinski definition) is 3. The van der Waals surface area contributed by atoms with Crippen molar-refractivity contribution in [3.63, 3.8) is 0 Å². The number of carbonyl (C=O) groups excluding carboxylic acids is 1. The molecule has 4 rings (SSSR count). The summed E-state index contributed by atoms with van der Waals surface area (Å²) in [4.78, 5) is 15.6. The normalized spacial score (nSPS) is 25.6. The van der Waals surface area contributed by atoms with E-state index in [1.165, 1.54) is 16.8 Å². The van der Waals surface area contributed by atoms with Gasteiger partial charge in [0.1, 0.15) is 11.5 Å². The highest BCUT2D eigenvalue weighted by molar-refractivity contribution is 5.93. The molecule has 2 aromatic carbocycles. The molecule has 2 atom stereocenters. The smallest absolute Gasteiger partial charge is 0.141 e. The summed E-state index contributed by atoms with van der Waals surface area (Å²) >= 11 is 0. The van der Waals surface area contributed by atoms with E-state index in [1.54, 1.807) is 7.11 Å². The van der Waals surface area contributed by atoms with E-state index < -0.39 is 0 Å². The molecular weight excluding hydrogens is 334 g/mol. The van der Waals surface area contributed by atoms with Crippen LogP contribution in [0.1, 0.15) is 45.2 Å². The lowest BCUT2D eigenvalue weighted by Gasteiger charge is -2.42. The standard InChI is InChI=1S/C24H29NO2/c1-16(2)24-14-21(26)23(3,4)22(24)25(15-17-9-7-6-8-10-17)20-12-11-18(27-5)13-19(20)24/h6-13,16,22H,14-15H2,1-5H3/t22-,24+/m0/s1. The van der Waals surface area contributed by atoms with Crippen LogP contribution in [-0.4, -0.2) is 18.9 Å². The molecule has 0 unspecified atom stereocenters. The Hall–Kier alpha value is -2.29. The van der Waals surface area contributed by atoms with Gasteiger partial charge in [-0.1, -0.05) is 58.0 Å². The van der Waals surface area contributed by atoms with E-state index in [1.807, 2.05) is 12.1 Å². The van der Waals surface area contributed by atoms with Crippen LogP contribution in [-0.2, 0) is 16.8 Å². The summed E-state index contributed by atoms with van der Waals surface area (Å²) in [5.41, 5.74) is 3.24. The summed E-state index contributed by atoms with van der Waals surface area (Å²) in [6.07, 6.45) is 0.605. The fourth-order valence-electron chi connectivity index (χ4n) is 5.49. The minimum Gasteiger partial charge on any atom is -0.497 e. The summed E-state index contributed by atoms with van der Waals surface area (Å²) in [5.74, 6) is 1.60. The number of hydrogen-bond donors (Lipinski definition) is 0. The van der Waals surface area contributed by atoms with Gasteiger partial charge in [0.25, 0.3) is 0 Å². The van der Waals surface area contributed by atoms with Crippen LogP contribution in [0.4, 0.5) is 5.69 Å². The molecule has 1 aliphatic carbocycles. The van der Waals surface area contributed by atoms with Crippen LogP contribution in [0, 0.1) is 11.3 Å². The molecule has 3 nitrogen and oxygen atoms in total. The van der Waals surface area contributed by atoms with Crippen LogP contribution >= 0.6 is 0 Å². The fraction of sp³-hybridized carbons (Fsp3) is 0.458. The Bertz CT molecular complexity index is 871. The average Bonchev–Trinajstić information content (AvgIpc) is 3.04. The van der Waals surface area contributed by atoms with Gasteiger partial charge in [0.05, 0.1) is 13.2 Å². The molecule has 3 heteroatoms. The SMILES string of the molecule is COc1ccc2c(c1)[C@]1(C(C)C)CC(=O)C(C)(C)[C@@H]1N2Cc1ccccc1. The first-order valence-electron chi connectivity index (χ1n) is 9.84. The second kappa shape index (κ2) is 6.12. The number of ketones is 1. The van der Waals surface area contributed by atoms with Crippen LogP contribution in [0.2, 0.25) is 0 Å². The van der Waals surface area contributed by atoms with Gasteiger partial charge in [0, 0.05) is 29.5 Å². The van der Waals surface area contributed by atoms with Crippen LogP contribution in [0.15, 0.2) is 48.5 Å². The summed E-state index contributed by atoms with van der Waals surface area (Å²) in [6, 6.07) is 17.1. The van der Waals surface area contributed by atoms with Gasteiger partial charge >= 0.3 is 0 Å². The zero-order valence-corrected chi connectivity index (χ0v) is 17.0. The first kappa shape index (κ1) is 18.1. The molecule has 2 aromatic rings. The van der Waals surface area contributed by atoms with E-state index in [-0.39, 0.29) is 16.9 Å². The molecule has 2 aliphatic rings. The fourth-order valence-corrected chi connectivity index (χ4v) is 5.49. The summed E-state index contributed by atoms with van der Waals surface area (Å²) < 4.78 is 5.54.